The molecule has 2 unspecified atom stereocenters. The van der Waals surface area contributed by atoms with Crippen LogP contribution in [-0.2, 0) is 0 Å². The van der Waals surface area contributed by atoms with Gasteiger partial charge >= 0.3 is 0 Å². The Labute approximate surface area is 131 Å². The molecule has 0 aliphatic rings. The molecule has 1 rings (SSSR count). The molecule has 0 saturated heterocycles. The molecule has 2 nitrogen and oxygen atoms in total. The van der Waals surface area contributed by atoms with Crippen LogP contribution in [0.5, 0.6) is 0 Å². The predicted molar refractivity (Wildman–Crippen MR) is 91.4 cm³/mol. The van der Waals surface area contributed by atoms with Gasteiger partial charge in [-0.15, -0.1) is 0 Å². The molecule has 0 heterocycles. The van der Waals surface area contributed by atoms with Crippen LogP contribution in [0.25, 0.3) is 0 Å². The first-order chi connectivity index (χ1) is 9.94. The van der Waals surface area contributed by atoms with Crippen molar-refractivity contribution in [2.45, 2.75) is 71.4 Å². The minimum atomic E-state index is -0.633. The molecule has 0 radical (unpaired) electrons. The summed E-state index contributed by atoms with van der Waals surface area (Å²) in [7, 11) is 0. The molecule has 120 valence electrons. The van der Waals surface area contributed by atoms with Crippen molar-refractivity contribution in [1.29, 1.82) is 0 Å². The van der Waals surface area contributed by atoms with Crippen LogP contribution in [0.3, 0.4) is 0 Å². The van der Waals surface area contributed by atoms with Crippen molar-refractivity contribution < 1.29 is 5.11 Å². The second-order valence-electron chi connectivity index (χ2n) is 6.93. The maximum absolute atomic E-state index is 10.5. The molecule has 0 aliphatic heterocycles. The quantitative estimate of drug-likeness (QED) is 0.613. The smallest absolute Gasteiger partial charge is 0.0746 e. The SMILES string of the molecule is CCCCCC(NCC(C)(O)CC(C)C)c1ccccc1. The minimum Gasteiger partial charge on any atom is -0.389 e. The van der Waals surface area contributed by atoms with Crippen LogP contribution in [-0.4, -0.2) is 17.3 Å². The summed E-state index contributed by atoms with van der Waals surface area (Å²) in [5.41, 5.74) is 0.695. The first kappa shape index (κ1) is 18.2. The van der Waals surface area contributed by atoms with Crippen LogP contribution >= 0.6 is 0 Å². The van der Waals surface area contributed by atoms with E-state index in [9.17, 15) is 5.11 Å². The van der Waals surface area contributed by atoms with Crippen LogP contribution in [0.15, 0.2) is 30.3 Å². The largest absolute Gasteiger partial charge is 0.389 e. The van der Waals surface area contributed by atoms with Gasteiger partial charge in [0, 0.05) is 12.6 Å². The van der Waals surface area contributed by atoms with Crippen molar-refractivity contribution in [1.82, 2.24) is 5.32 Å². The molecular formula is C19H33NO. The monoisotopic (exact) mass is 291 g/mol. The molecule has 0 aliphatic carbocycles. The summed E-state index contributed by atoms with van der Waals surface area (Å²) in [6, 6.07) is 11.0. The van der Waals surface area contributed by atoms with Gasteiger partial charge in [0.05, 0.1) is 5.60 Å². The highest BCUT2D eigenvalue weighted by Crippen LogP contribution is 2.22. The van der Waals surface area contributed by atoms with Crippen molar-refractivity contribution >= 4 is 0 Å². The number of unbranched alkanes of at least 4 members (excludes halogenated alkanes) is 2. The van der Waals surface area contributed by atoms with Crippen LogP contribution in [0.2, 0.25) is 0 Å². The van der Waals surface area contributed by atoms with Crippen LogP contribution in [0.4, 0.5) is 0 Å². The highest BCUT2D eigenvalue weighted by atomic mass is 16.3. The van der Waals surface area contributed by atoms with E-state index in [0.717, 1.165) is 12.8 Å². The van der Waals surface area contributed by atoms with Crippen LogP contribution in [0.1, 0.15) is 71.4 Å². The minimum absolute atomic E-state index is 0.344. The van der Waals surface area contributed by atoms with Gasteiger partial charge in [0.2, 0.25) is 0 Å². The van der Waals surface area contributed by atoms with Gasteiger partial charge < -0.3 is 10.4 Å². The number of nitrogens with one attached hydrogen (secondary N) is 1. The molecule has 0 fully saturated rings. The number of aliphatic hydroxyl groups is 1. The topological polar surface area (TPSA) is 32.3 Å². The molecule has 1 aromatic carbocycles. The highest BCUT2D eigenvalue weighted by Gasteiger charge is 2.23. The van der Waals surface area contributed by atoms with E-state index in [-0.39, 0.29) is 0 Å². The average molecular weight is 291 g/mol. The Bertz CT molecular complexity index is 372. The maximum Gasteiger partial charge on any atom is 0.0746 e. The summed E-state index contributed by atoms with van der Waals surface area (Å²) >= 11 is 0. The molecule has 0 spiro atoms. The van der Waals surface area contributed by atoms with Gasteiger partial charge in [-0.3, -0.25) is 0 Å². The second-order valence-corrected chi connectivity index (χ2v) is 6.93. The van der Waals surface area contributed by atoms with Gasteiger partial charge in [0.15, 0.2) is 0 Å². The fourth-order valence-corrected chi connectivity index (χ4v) is 2.97. The van der Waals surface area contributed by atoms with Crippen molar-refractivity contribution in [2.24, 2.45) is 5.92 Å². The van der Waals surface area contributed by atoms with Gasteiger partial charge in [-0.2, -0.15) is 0 Å². The maximum atomic E-state index is 10.5. The first-order valence-corrected chi connectivity index (χ1v) is 8.45. The number of hydrogen-bond donors (Lipinski definition) is 2. The van der Waals surface area contributed by atoms with Gasteiger partial charge in [0.1, 0.15) is 0 Å². The predicted octanol–water partition coefficient (Wildman–Crippen LogP) is 4.69. The third-order valence-corrected chi connectivity index (χ3v) is 3.88. The Hall–Kier alpha value is -0.860. The lowest BCUT2D eigenvalue weighted by atomic mass is 9.93. The molecule has 1 aromatic rings. The molecule has 0 amide bonds. The second kappa shape index (κ2) is 9.22. The van der Waals surface area contributed by atoms with Crippen LogP contribution in [0, 0.1) is 5.92 Å². The zero-order valence-corrected chi connectivity index (χ0v) is 14.2. The Morgan fingerprint density at radius 3 is 2.38 bits per heavy atom. The van der Waals surface area contributed by atoms with Gasteiger partial charge in [-0.25, -0.2) is 0 Å². The summed E-state index contributed by atoms with van der Waals surface area (Å²) in [6.07, 6.45) is 5.71. The lowest BCUT2D eigenvalue weighted by Gasteiger charge is -2.29. The first-order valence-electron chi connectivity index (χ1n) is 8.45. The van der Waals surface area contributed by atoms with E-state index in [2.05, 4.69) is 56.4 Å². The molecule has 0 saturated carbocycles. The molecule has 0 aromatic heterocycles. The van der Waals surface area contributed by atoms with Gasteiger partial charge in [0.25, 0.3) is 0 Å². The van der Waals surface area contributed by atoms with E-state index in [4.69, 9.17) is 0 Å². The molecule has 2 heteroatoms. The molecule has 2 N–H and O–H groups in total. The van der Waals surface area contributed by atoms with Gasteiger partial charge in [-0.05, 0) is 31.2 Å². The van der Waals surface area contributed by atoms with Gasteiger partial charge in [-0.1, -0.05) is 70.4 Å². The van der Waals surface area contributed by atoms with Crippen molar-refractivity contribution in [3.8, 4) is 0 Å². The van der Waals surface area contributed by atoms with E-state index >= 15 is 0 Å². The van der Waals surface area contributed by atoms with E-state index < -0.39 is 5.60 Å². The number of hydrogen-bond acceptors (Lipinski definition) is 2. The van der Waals surface area contributed by atoms with Crippen molar-refractivity contribution in [3.05, 3.63) is 35.9 Å². The molecule has 2 atom stereocenters. The fourth-order valence-electron chi connectivity index (χ4n) is 2.97. The van der Waals surface area contributed by atoms with E-state index in [1.165, 1.54) is 24.8 Å². The summed E-state index contributed by atoms with van der Waals surface area (Å²) < 4.78 is 0. The Morgan fingerprint density at radius 2 is 1.81 bits per heavy atom. The van der Waals surface area contributed by atoms with E-state index in [0.29, 0.717) is 18.5 Å². The summed E-state index contributed by atoms with van der Waals surface area (Å²) in [6.45, 7) is 9.14. The molecule has 0 bridgehead atoms. The zero-order valence-electron chi connectivity index (χ0n) is 14.2. The third-order valence-electron chi connectivity index (χ3n) is 3.88. The average Bonchev–Trinajstić information content (AvgIpc) is 2.42. The summed E-state index contributed by atoms with van der Waals surface area (Å²) in [5, 5.41) is 14.1. The normalized spacial score (nSPS) is 15.9. The molecule has 21 heavy (non-hydrogen) atoms. The van der Waals surface area contributed by atoms with E-state index in [1.807, 2.05) is 6.92 Å². The lowest BCUT2D eigenvalue weighted by Crippen LogP contribution is -2.40. The zero-order chi connectivity index (χ0) is 15.7. The summed E-state index contributed by atoms with van der Waals surface area (Å²) in [5.74, 6) is 0.511. The summed E-state index contributed by atoms with van der Waals surface area (Å²) in [4.78, 5) is 0. The fraction of sp³-hybridized carbons (Fsp3) is 0.684. The lowest BCUT2D eigenvalue weighted by molar-refractivity contribution is 0.0355. The Morgan fingerprint density at radius 1 is 1.14 bits per heavy atom. The standard InChI is InChI=1S/C19H33NO/c1-5-6-8-13-18(17-11-9-7-10-12-17)20-15-19(4,21)14-16(2)3/h7,9-12,16,18,20-21H,5-6,8,13-15H2,1-4H3. The molecular weight excluding hydrogens is 258 g/mol. The Kier molecular flexibility index (Phi) is 7.98. The number of rotatable bonds is 10. The van der Waals surface area contributed by atoms with Crippen LogP contribution < -0.4 is 5.32 Å². The van der Waals surface area contributed by atoms with E-state index in [1.54, 1.807) is 0 Å². The Balaban J connectivity index is 2.61. The van der Waals surface area contributed by atoms with Crippen molar-refractivity contribution in [2.75, 3.05) is 6.54 Å². The highest BCUT2D eigenvalue weighted by molar-refractivity contribution is 5.18. The number of benzene rings is 1. The third kappa shape index (κ3) is 7.63. The van der Waals surface area contributed by atoms with Crippen molar-refractivity contribution in [3.63, 3.8) is 0 Å².